The van der Waals surface area contributed by atoms with Gasteiger partial charge in [-0.05, 0) is 34.5 Å². The average Bonchev–Trinajstić information content (AvgIpc) is 3.25. The molecule has 18 heteroatoms. The number of nitrogens with zero attached hydrogens (tertiary/aromatic N) is 3. The molecule has 16 radical (unpaired) electrons. The number of hydrogen-bond donors (Lipinski definition) is 0. The van der Waals surface area contributed by atoms with E-state index in [9.17, 15) is 28.0 Å². The fourth-order valence-corrected chi connectivity index (χ4v) is 4.65. The zero-order valence-corrected chi connectivity index (χ0v) is 21.3. The van der Waals surface area contributed by atoms with Gasteiger partial charge in [0.2, 0.25) is 27.8 Å². The first-order valence-electron chi connectivity index (χ1n) is 11.3. The van der Waals surface area contributed by atoms with Crippen molar-refractivity contribution < 1.29 is 28.0 Å². The Morgan fingerprint density at radius 1 is 1.00 bits per heavy atom. The number of benzene rings is 2. The van der Waals surface area contributed by atoms with Crippen LogP contribution in [0.3, 0.4) is 0 Å². The summed E-state index contributed by atoms with van der Waals surface area (Å²) in [5.74, 6) is -11.1. The molecule has 2 atom stereocenters. The highest BCUT2D eigenvalue weighted by atomic mass is 35.5. The van der Waals surface area contributed by atoms with E-state index in [0.717, 1.165) is 17.0 Å². The van der Waals surface area contributed by atoms with E-state index in [1.807, 2.05) is 0 Å². The van der Waals surface area contributed by atoms with Gasteiger partial charge in [0, 0.05) is 28.6 Å². The molecule has 7 nitrogen and oxygen atoms in total. The molecule has 1 unspecified atom stereocenters. The molecule has 182 valence electrons. The van der Waals surface area contributed by atoms with Crippen LogP contribution in [0.4, 0.5) is 8.78 Å². The van der Waals surface area contributed by atoms with Crippen LogP contribution in [0.5, 0.6) is 0 Å². The van der Waals surface area contributed by atoms with Crippen LogP contribution in [0, 0.1) is 0 Å². The number of imide groups is 1. The van der Waals surface area contributed by atoms with Crippen molar-refractivity contribution in [3.63, 3.8) is 0 Å². The quantitative estimate of drug-likeness (QED) is 0.375. The second-order valence-electron chi connectivity index (χ2n) is 9.53. The summed E-state index contributed by atoms with van der Waals surface area (Å²) in [6.07, 6.45) is 0. The maximum Gasteiger partial charge on any atom is 0.348 e. The van der Waals surface area contributed by atoms with Gasteiger partial charge in [-0.15, -0.1) is 0 Å². The first kappa shape index (κ1) is 30.2. The predicted molar refractivity (Wildman–Crippen MR) is 147 cm³/mol. The third-order valence-electron chi connectivity index (χ3n) is 7.14. The topological polar surface area (TPSA) is 78.0 Å². The Hall–Kier alpha value is -2.81. The van der Waals surface area contributed by atoms with E-state index in [2.05, 4.69) is 0 Å². The number of carbonyl (C=O) groups is 4. The molecular formula is C22H10B8ClF2N3O4. The number of fused-ring (bicyclic) bond motifs is 1. The molecule has 0 N–H and O–H groups in total. The van der Waals surface area contributed by atoms with Crippen molar-refractivity contribution in [2.24, 2.45) is 0 Å². The first-order valence-corrected chi connectivity index (χ1v) is 11.7. The van der Waals surface area contributed by atoms with E-state index in [1.165, 1.54) is 30.3 Å². The number of halogens is 3. The van der Waals surface area contributed by atoms with E-state index >= 15 is 0 Å². The van der Waals surface area contributed by atoms with Crippen LogP contribution in [0.1, 0.15) is 33.0 Å². The summed E-state index contributed by atoms with van der Waals surface area (Å²) in [7, 11) is 47.2. The summed E-state index contributed by atoms with van der Waals surface area (Å²) in [5, 5.41) is -5.21. The maximum atomic E-state index is 14.9. The zero-order valence-electron chi connectivity index (χ0n) is 20.6. The van der Waals surface area contributed by atoms with Gasteiger partial charge in [-0.3, -0.25) is 19.2 Å². The number of hydrogen-bond acceptors (Lipinski definition) is 4. The van der Waals surface area contributed by atoms with Crippen LogP contribution < -0.4 is 0 Å². The molecule has 0 aliphatic carbocycles. The minimum atomic E-state index is -4.05. The number of rotatable bonds is 5. The smallest absolute Gasteiger partial charge is 0.348 e. The Balaban J connectivity index is 1.64. The van der Waals surface area contributed by atoms with Gasteiger partial charge in [-0.1, -0.05) is 41.1 Å². The van der Waals surface area contributed by atoms with Gasteiger partial charge in [-0.25, -0.2) is 0 Å². The predicted octanol–water partition coefficient (Wildman–Crippen LogP) is -0.609. The van der Waals surface area contributed by atoms with Crippen molar-refractivity contribution in [2.45, 2.75) is 34.3 Å². The van der Waals surface area contributed by atoms with Crippen LogP contribution >= 0.6 is 11.6 Å². The molecular weight excluding hydrogens is 530 g/mol. The Bertz CT molecular complexity index is 1450. The number of amides is 4. The summed E-state index contributed by atoms with van der Waals surface area (Å²) < 4.78 is 29.7. The van der Waals surface area contributed by atoms with Gasteiger partial charge in [0.25, 0.3) is 11.8 Å². The Morgan fingerprint density at radius 3 is 2.15 bits per heavy atom. The van der Waals surface area contributed by atoms with Crippen LogP contribution in [0.15, 0.2) is 42.5 Å². The molecule has 0 bridgehead atoms. The highest BCUT2D eigenvalue weighted by Gasteiger charge is 2.64. The second kappa shape index (κ2) is 9.64. The normalized spacial score (nSPS) is 22.6. The summed E-state index contributed by atoms with van der Waals surface area (Å²) in [6.45, 7) is -0.454. The Kier molecular flexibility index (Phi) is 7.27. The summed E-state index contributed by atoms with van der Waals surface area (Å²) in [4.78, 5) is 52.2. The van der Waals surface area contributed by atoms with Gasteiger partial charge in [-0.2, -0.15) is 8.78 Å². The van der Waals surface area contributed by atoms with Crippen LogP contribution in [-0.2, 0) is 26.9 Å². The van der Waals surface area contributed by atoms with Gasteiger partial charge in [0.15, 0.2) is 0 Å². The molecule has 1 saturated heterocycles. The zero-order chi connectivity index (χ0) is 30.2. The van der Waals surface area contributed by atoms with Crippen molar-refractivity contribution in [2.75, 3.05) is 0 Å². The average molecular weight is 540 g/mol. The van der Waals surface area contributed by atoms with E-state index < -0.39 is 63.5 Å². The molecule has 0 saturated carbocycles. The molecule has 4 rings (SSSR count). The van der Waals surface area contributed by atoms with Crippen molar-refractivity contribution >= 4 is 98.3 Å². The van der Waals surface area contributed by atoms with E-state index in [4.69, 9.17) is 74.6 Å². The number of carbonyl (C=O) groups excluding carboxylic acids is 4. The van der Waals surface area contributed by atoms with E-state index in [1.54, 1.807) is 0 Å². The summed E-state index contributed by atoms with van der Waals surface area (Å²) in [6, 6.07) is 8.05. The monoisotopic (exact) mass is 541 g/mol. The fourth-order valence-electron chi connectivity index (χ4n) is 4.52. The lowest BCUT2D eigenvalue weighted by Crippen LogP contribution is -2.75. The van der Waals surface area contributed by atoms with Crippen LogP contribution in [-0.4, -0.2) is 107 Å². The number of alkyl halides is 2. The standard InChI is InChI=1S/C22H10B8ClF2N3O4/c23-14(35(29)16(38)19(32,33)11-2-4-12(31)5-3-11)9-1-6-13-10(7-9)8-34(15(13)37)21(26)18(40)36(30)17(39)20(24,25)22(21,27)28/h1-7,14H,8H2/t14?,21-/m1/s1. The summed E-state index contributed by atoms with van der Waals surface area (Å²) in [5.41, 5.74) is -3.21. The third kappa shape index (κ3) is 4.10. The van der Waals surface area contributed by atoms with Crippen molar-refractivity contribution in [1.82, 2.24) is 14.5 Å². The number of piperidine rings is 1. The molecule has 1 fully saturated rings. The van der Waals surface area contributed by atoms with E-state index in [-0.39, 0.29) is 31.3 Å². The van der Waals surface area contributed by atoms with E-state index in [0.29, 0.717) is 0 Å². The fraction of sp³-hybridized carbons (Fsp3) is 0.273. The highest BCUT2D eigenvalue weighted by molar-refractivity contribution is 6.68. The third-order valence-corrected chi connectivity index (χ3v) is 7.39. The minimum absolute atomic E-state index is 0.0222. The first-order chi connectivity index (χ1) is 18.3. The van der Waals surface area contributed by atoms with Gasteiger partial charge >= 0.3 is 5.92 Å². The second-order valence-corrected chi connectivity index (χ2v) is 9.97. The molecule has 0 aromatic heterocycles. The minimum Gasteiger partial charge on any atom is -0.393 e. The molecule has 2 aliphatic heterocycles. The Morgan fingerprint density at radius 2 is 1.57 bits per heavy atom. The molecule has 2 aliphatic rings. The lowest BCUT2D eigenvalue weighted by molar-refractivity contribution is -0.154. The molecule has 2 heterocycles. The highest BCUT2D eigenvalue weighted by Crippen LogP contribution is 2.57. The maximum absolute atomic E-state index is 14.9. The van der Waals surface area contributed by atoms with Crippen molar-refractivity contribution in [1.29, 1.82) is 0 Å². The van der Waals surface area contributed by atoms with Crippen molar-refractivity contribution in [3.05, 3.63) is 69.7 Å². The van der Waals surface area contributed by atoms with Crippen molar-refractivity contribution in [3.8, 4) is 0 Å². The lowest BCUT2D eigenvalue weighted by atomic mass is 9.21. The molecule has 2 aromatic rings. The van der Waals surface area contributed by atoms with Gasteiger partial charge < -0.3 is 14.5 Å². The Labute approximate surface area is 244 Å². The molecule has 2 aromatic carbocycles. The summed E-state index contributed by atoms with van der Waals surface area (Å²) >= 11 is 5.72. The largest absolute Gasteiger partial charge is 0.393 e. The van der Waals surface area contributed by atoms with Gasteiger partial charge in [0.1, 0.15) is 15.7 Å². The molecule has 4 amide bonds. The molecule has 0 spiro atoms. The van der Waals surface area contributed by atoms with Gasteiger partial charge in [0.05, 0.1) is 36.8 Å². The SMILES string of the molecule is [B]C(c1ccc2c(c1)CN([C@]1([B])C(=O)N([B])C(=O)C([B])([B])C1([B])[B])C2=O)N([B])C(=O)C(F)(F)c1ccc(Cl)cc1. The molecule has 40 heavy (non-hydrogen) atoms. The lowest BCUT2D eigenvalue weighted by Gasteiger charge is -2.62. The van der Waals surface area contributed by atoms with Crippen LogP contribution in [0.2, 0.25) is 15.5 Å². The van der Waals surface area contributed by atoms with Crippen LogP contribution in [0.25, 0.3) is 0 Å².